The van der Waals surface area contributed by atoms with Crippen molar-refractivity contribution in [3.05, 3.63) is 101 Å². The van der Waals surface area contributed by atoms with E-state index in [0.717, 1.165) is 32.4 Å². The zero-order valence-corrected chi connectivity index (χ0v) is 22.2. The summed E-state index contributed by atoms with van der Waals surface area (Å²) < 4.78 is 6.77. The van der Waals surface area contributed by atoms with E-state index in [0.29, 0.717) is 16.3 Å². The highest BCUT2D eigenvalue weighted by Gasteiger charge is 2.46. The lowest BCUT2D eigenvalue weighted by atomic mass is 9.95. The van der Waals surface area contributed by atoms with Crippen LogP contribution in [0.2, 0.25) is 0 Å². The molecule has 0 spiro atoms. The molecule has 3 aromatic carbocycles. The lowest BCUT2D eigenvalue weighted by Crippen LogP contribution is -2.31. The number of anilines is 2. The van der Waals surface area contributed by atoms with Crippen molar-refractivity contribution in [2.45, 2.75) is 19.9 Å². The average Bonchev–Trinajstić information content (AvgIpc) is 3.58. The Labute approximate surface area is 223 Å². The van der Waals surface area contributed by atoms with E-state index < -0.39 is 23.5 Å². The van der Waals surface area contributed by atoms with Gasteiger partial charge in [-0.1, -0.05) is 47.7 Å². The molecule has 5 aromatic rings. The standard InChI is InChI=1S/C30H25N3O4S/c1-16-13-17(2)25-23(14-16)38-30(31-25)33-26(18-9-11-20(12-10-18)32(3)4)24(28(35)29(33)36)27(34)22-15-19-7-5-6-8-21(19)37-22/h5-15,26,35H,1-4H3/t26-/m0/s1. The Morgan fingerprint density at radius 1 is 1.05 bits per heavy atom. The molecule has 0 saturated carbocycles. The Bertz CT molecular complexity index is 1750. The molecule has 0 unspecified atom stereocenters. The molecule has 1 N–H and O–H groups in total. The molecule has 1 aliphatic rings. The van der Waals surface area contributed by atoms with E-state index in [-0.39, 0.29) is 11.3 Å². The second-order valence-electron chi connectivity index (χ2n) is 9.73. The van der Waals surface area contributed by atoms with Gasteiger partial charge in [-0.05, 0) is 60.9 Å². The van der Waals surface area contributed by atoms with Gasteiger partial charge in [0.05, 0.1) is 21.8 Å². The maximum Gasteiger partial charge on any atom is 0.296 e. The number of fused-ring (bicyclic) bond motifs is 2. The van der Waals surface area contributed by atoms with E-state index in [4.69, 9.17) is 9.40 Å². The van der Waals surface area contributed by atoms with Crippen molar-refractivity contribution in [2.75, 3.05) is 23.9 Å². The van der Waals surface area contributed by atoms with Gasteiger partial charge < -0.3 is 14.4 Å². The van der Waals surface area contributed by atoms with Crippen LogP contribution in [0.25, 0.3) is 21.2 Å². The smallest absolute Gasteiger partial charge is 0.296 e. The summed E-state index contributed by atoms with van der Waals surface area (Å²) in [5, 5.41) is 12.3. The number of nitrogens with zero attached hydrogens (tertiary/aromatic N) is 3. The Morgan fingerprint density at radius 2 is 1.79 bits per heavy atom. The Kier molecular flexibility index (Phi) is 5.57. The number of carbonyl (C=O) groups excluding carboxylic acids is 2. The van der Waals surface area contributed by atoms with E-state index in [1.807, 2.05) is 87.4 Å². The lowest BCUT2D eigenvalue weighted by molar-refractivity contribution is -0.117. The number of Topliss-reactive ketones (excluding diaryl/α,β-unsaturated/α-hetero) is 1. The van der Waals surface area contributed by atoms with Crippen LogP contribution in [0.5, 0.6) is 0 Å². The molecule has 8 heteroatoms. The number of carbonyl (C=O) groups is 2. The van der Waals surface area contributed by atoms with Gasteiger partial charge in [0, 0.05) is 25.2 Å². The topological polar surface area (TPSA) is 86.9 Å². The highest BCUT2D eigenvalue weighted by molar-refractivity contribution is 7.22. The van der Waals surface area contributed by atoms with Gasteiger partial charge >= 0.3 is 0 Å². The quantitative estimate of drug-likeness (QED) is 0.264. The van der Waals surface area contributed by atoms with Crippen molar-refractivity contribution in [1.82, 2.24) is 4.98 Å². The molecular formula is C30H25N3O4S. The second-order valence-corrected chi connectivity index (χ2v) is 10.7. The third-order valence-electron chi connectivity index (χ3n) is 6.85. The lowest BCUT2D eigenvalue weighted by Gasteiger charge is -2.25. The summed E-state index contributed by atoms with van der Waals surface area (Å²) in [4.78, 5) is 35.6. The molecule has 1 aliphatic heterocycles. The first-order valence-corrected chi connectivity index (χ1v) is 13.0. The van der Waals surface area contributed by atoms with E-state index >= 15 is 0 Å². The van der Waals surface area contributed by atoms with E-state index in [1.54, 1.807) is 12.1 Å². The number of aryl methyl sites for hydroxylation is 2. The average molecular weight is 524 g/mol. The summed E-state index contributed by atoms with van der Waals surface area (Å²) in [5.74, 6) is -1.73. The first-order chi connectivity index (χ1) is 18.2. The van der Waals surface area contributed by atoms with Crippen molar-refractivity contribution in [3.8, 4) is 0 Å². The van der Waals surface area contributed by atoms with Crippen LogP contribution in [-0.4, -0.2) is 35.9 Å². The largest absolute Gasteiger partial charge is 0.503 e. The Balaban J connectivity index is 1.52. The van der Waals surface area contributed by atoms with Crippen molar-refractivity contribution < 1.29 is 19.1 Å². The highest BCUT2D eigenvalue weighted by atomic mass is 32.1. The minimum Gasteiger partial charge on any atom is -0.503 e. The van der Waals surface area contributed by atoms with Crippen LogP contribution in [0.1, 0.15) is 33.3 Å². The summed E-state index contributed by atoms with van der Waals surface area (Å²) in [6.45, 7) is 3.99. The van der Waals surface area contributed by atoms with Crippen LogP contribution in [-0.2, 0) is 4.79 Å². The number of para-hydroxylation sites is 1. The van der Waals surface area contributed by atoms with Gasteiger partial charge in [0.25, 0.3) is 5.91 Å². The van der Waals surface area contributed by atoms with Gasteiger partial charge in [0.1, 0.15) is 5.58 Å². The van der Waals surface area contributed by atoms with Gasteiger partial charge in [0.15, 0.2) is 16.7 Å². The third-order valence-corrected chi connectivity index (χ3v) is 7.85. The van der Waals surface area contributed by atoms with Gasteiger partial charge in [0.2, 0.25) is 5.78 Å². The predicted molar refractivity (Wildman–Crippen MR) is 150 cm³/mol. The summed E-state index contributed by atoms with van der Waals surface area (Å²) >= 11 is 1.36. The fourth-order valence-corrected chi connectivity index (χ4v) is 6.16. The fourth-order valence-electron chi connectivity index (χ4n) is 4.99. The minimum absolute atomic E-state index is 0.0289. The van der Waals surface area contributed by atoms with Crippen LogP contribution in [0.3, 0.4) is 0 Å². The van der Waals surface area contributed by atoms with Crippen LogP contribution in [0.4, 0.5) is 10.8 Å². The number of rotatable bonds is 5. The van der Waals surface area contributed by atoms with Gasteiger partial charge in [-0.15, -0.1) is 0 Å². The van der Waals surface area contributed by atoms with Gasteiger partial charge in [-0.2, -0.15) is 0 Å². The molecule has 0 radical (unpaired) electrons. The zero-order chi connectivity index (χ0) is 26.7. The maximum atomic E-state index is 13.9. The molecule has 190 valence electrons. The Morgan fingerprint density at radius 3 is 2.50 bits per heavy atom. The number of thiazole rings is 1. The molecule has 0 saturated heterocycles. The van der Waals surface area contributed by atoms with Crippen LogP contribution >= 0.6 is 11.3 Å². The maximum absolute atomic E-state index is 13.9. The number of aliphatic hydroxyl groups is 1. The normalized spacial score (nSPS) is 15.7. The van der Waals surface area contributed by atoms with E-state index in [9.17, 15) is 14.7 Å². The van der Waals surface area contributed by atoms with Crippen molar-refractivity contribution >= 4 is 55.0 Å². The molecule has 2 aromatic heterocycles. The molecule has 0 fully saturated rings. The summed E-state index contributed by atoms with van der Waals surface area (Å²) in [5.41, 5.74) is 5.06. The minimum atomic E-state index is -0.874. The van der Waals surface area contributed by atoms with Crippen molar-refractivity contribution in [1.29, 1.82) is 0 Å². The van der Waals surface area contributed by atoms with Crippen molar-refractivity contribution in [3.63, 3.8) is 0 Å². The molecule has 0 aliphatic carbocycles. The molecule has 7 nitrogen and oxygen atoms in total. The SMILES string of the molecule is Cc1cc(C)c2nc(N3C(=O)C(O)=C(C(=O)c4cc5ccccc5o4)[C@@H]3c3ccc(N(C)C)cc3)sc2c1. The first kappa shape index (κ1) is 23.9. The first-order valence-electron chi connectivity index (χ1n) is 12.2. The molecule has 3 heterocycles. The molecule has 6 rings (SSSR count). The number of benzene rings is 3. The number of hydrogen-bond acceptors (Lipinski definition) is 7. The summed E-state index contributed by atoms with van der Waals surface area (Å²) in [7, 11) is 3.88. The number of furan rings is 1. The number of amides is 1. The monoisotopic (exact) mass is 523 g/mol. The van der Waals surface area contributed by atoms with Gasteiger partial charge in [-0.3, -0.25) is 14.5 Å². The molecule has 1 atom stereocenters. The molecule has 38 heavy (non-hydrogen) atoms. The van der Waals surface area contributed by atoms with Crippen LogP contribution < -0.4 is 9.80 Å². The molecular weight excluding hydrogens is 498 g/mol. The van der Waals surface area contributed by atoms with Gasteiger partial charge in [-0.25, -0.2) is 4.98 Å². The van der Waals surface area contributed by atoms with Crippen LogP contribution in [0, 0.1) is 13.8 Å². The Hall–Kier alpha value is -4.43. The number of aromatic nitrogens is 1. The highest BCUT2D eigenvalue weighted by Crippen LogP contribution is 2.45. The summed E-state index contributed by atoms with van der Waals surface area (Å²) in [6, 6.07) is 19.7. The number of aliphatic hydroxyl groups excluding tert-OH is 1. The van der Waals surface area contributed by atoms with Crippen LogP contribution in [0.15, 0.2) is 82.5 Å². The van der Waals surface area contributed by atoms with Crippen molar-refractivity contribution in [2.24, 2.45) is 0 Å². The zero-order valence-electron chi connectivity index (χ0n) is 21.4. The second kappa shape index (κ2) is 8.85. The number of ketones is 1. The van der Waals surface area contributed by atoms with E-state index in [2.05, 4.69) is 0 Å². The molecule has 0 bridgehead atoms. The number of hydrogen-bond donors (Lipinski definition) is 1. The van der Waals surface area contributed by atoms with E-state index in [1.165, 1.54) is 16.2 Å². The predicted octanol–water partition coefficient (Wildman–Crippen LogP) is 6.51. The molecule has 1 amide bonds. The third kappa shape index (κ3) is 3.76. The fraction of sp³-hybridized carbons (Fsp3) is 0.167. The summed E-state index contributed by atoms with van der Waals surface area (Å²) in [6.07, 6.45) is 0.